The molecule has 0 bridgehead atoms. The van der Waals surface area contributed by atoms with Crippen molar-refractivity contribution in [2.75, 3.05) is 10.6 Å². The van der Waals surface area contributed by atoms with E-state index in [0.717, 1.165) is 22.7 Å². The second kappa shape index (κ2) is 20.9. The van der Waals surface area contributed by atoms with E-state index in [1.54, 1.807) is 11.1 Å². The Morgan fingerprint density at radius 1 is 0.275 bits per heavy atom. The Labute approximate surface area is 478 Å². The van der Waals surface area contributed by atoms with Crippen molar-refractivity contribution in [3.8, 4) is 44.5 Å². The van der Waals surface area contributed by atoms with Gasteiger partial charge in [-0.3, -0.25) is 0 Å². The van der Waals surface area contributed by atoms with E-state index in [2.05, 4.69) is 246 Å². The van der Waals surface area contributed by atoms with Crippen molar-refractivity contribution < 1.29 is 0 Å². The zero-order valence-electron chi connectivity index (χ0n) is 48.4. The second-order valence-corrected chi connectivity index (χ2v) is 25.2. The monoisotopic (exact) mass is 1040 g/mol. The minimum atomic E-state index is -0.580. The Kier molecular flexibility index (Phi) is 13.6. The Balaban J connectivity index is 0.922. The zero-order chi connectivity index (χ0) is 54.6. The summed E-state index contributed by atoms with van der Waals surface area (Å²) < 4.78 is 0. The summed E-state index contributed by atoms with van der Waals surface area (Å²) in [6, 6.07) is 75.1. The predicted octanol–water partition coefficient (Wildman–Crippen LogP) is 21.9. The quantitative estimate of drug-likeness (QED) is 0.0744. The van der Waals surface area contributed by atoms with Gasteiger partial charge in [0.2, 0.25) is 0 Å². The first-order valence-corrected chi connectivity index (χ1v) is 30.7. The van der Waals surface area contributed by atoms with E-state index in [1.807, 2.05) is 0 Å². The standard InChI is InChI=1S/C78H80N2/c1-7-9-11-13-15-25-47-77(48-26-16-14-12-10-8-2)69-33-23-19-29-61(69)65-52-74-66(51-73(65)77)62-30-20-24-34-70(62)78(74,53-35-39-55(40-36-53)79-57-43-45-63-59-27-17-21-31-67(59)75(3,4)71(63)49-57)54-37-41-56(42-38-54)80-58-44-46-64-60-28-18-22-32-68(60)76(5,6)72(64)50-58/h17-24,27-46,49-52,79-80H,7-16,25-26,47-48H2,1-6H3. The third-order valence-electron chi connectivity index (χ3n) is 19.7. The molecule has 0 saturated carbocycles. The fourth-order valence-corrected chi connectivity index (χ4v) is 15.6. The lowest BCUT2D eigenvalue weighted by Gasteiger charge is -2.35. The normalized spacial score (nSPS) is 15.5. The average Bonchev–Trinajstić information content (AvgIpc) is 2.80. The summed E-state index contributed by atoms with van der Waals surface area (Å²) in [5.41, 5.74) is 28.6. The van der Waals surface area contributed by atoms with Crippen LogP contribution in [-0.2, 0) is 21.7 Å². The number of anilines is 4. The summed E-state index contributed by atoms with van der Waals surface area (Å²) >= 11 is 0. The van der Waals surface area contributed by atoms with Crippen LogP contribution in [0.1, 0.15) is 187 Å². The van der Waals surface area contributed by atoms with Crippen molar-refractivity contribution in [3.05, 3.63) is 250 Å². The second-order valence-electron chi connectivity index (χ2n) is 25.2. The van der Waals surface area contributed by atoms with E-state index >= 15 is 0 Å². The van der Waals surface area contributed by atoms with E-state index in [-0.39, 0.29) is 16.2 Å². The lowest BCUT2D eigenvalue weighted by atomic mass is 9.66. The molecule has 0 amide bonds. The van der Waals surface area contributed by atoms with Gasteiger partial charge in [-0.15, -0.1) is 0 Å². The highest BCUT2D eigenvalue weighted by atomic mass is 14.9. The Bertz CT molecular complexity index is 3590. The third-order valence-corrected chi connectivity index (χ3v) is 19.7. The van der Waals surface area contributed by atoms with Crippen LogP contribution in [0.25, 0.3) is 44.5 Å². The molecule has 4 aliphatic carbocycles. The Morgan fingerprint density at radius 3 is 1.10 bits per heavy atom. The Morgan fingerprint density at radius 2 is 0.625 bits per heavy atom. The molecule has 0 aromatic heterocycles. The third kappa shape index (κ3) is 8.49. The van der Waals surface area contributed by atoms with Gasteiger partial charge in [-0.2, -0.15) is 0 Å². The van der Waals surface area contributed by atoms with Crippen molar-refractivity contribution >= 4 is 22.7 Å². The van der Waals surface area contributed by atoms with Crippen molar-refractivity contribution in [1.82, 2.24) is 0 Å². The number of hydrogen-bond acceptors (Lipinski definition) is 2. The fourth-order valence-electron chi connectivity index (χ4n) is 15.6. The number of benzene rings is 9. The minimum Gasteiger partial charge on any atom is -0.356 e. The van der Waals surface area contributed by atoms with Crippen molar-refractivity contribution in [1.29, 1.82) is 0 Å². The largest absolute Gasteiger partial charge is 0.356 e. The van der Waals surface area contributed by atoms with Crippen LogP contribution in [0.4, 0.5) is 22.7 Å². The van der Waals surface area contributed by atoms with E-state index in [9.17, 15) is 0 Å². The average molecular weight is 1050 g/mol. The zero-order valence-corrected chi connectivity index (χ0v) is 48.4. The van der Waals surface area contributed by atoms with Crippen LogP contribution in [0.2, 0.25) is 0 Å². The molecule has 2 heteroatoms. The van der Waals surface area contributed by atoms with Crippen molar-refractivity contribution in [3.63, 3.8) is 0 Å². The summed E-state index contributed by atoms with van der Waals surface area (Å²) in [5, 5.41) is 7.74. The van der Waals surface area contributed by atoms with E-state index < -0.39 is 5.41 Å². The van der Waals surface area contributed by atoms with Crippen LogP contribution in [0.15, 0.2) is 194 Å². The van der Waals surface area contributed by atoms with Crippen LogP contribution in [-0.4, -0.2) is 0 Å². The fraction of sp³-hybridized carbons (Fsp3) is 0.308. The predicted molar refractivity (Wildman–Crippen MR) is 341 cm³/mol. The molecule has 0 saturated heterocycles. The van der Waals surface area contributed by atoms with Gasteiger partial charge in [0.1, 0.15) is 0 Å². The van der Waals surface area contributed by atoms with Gasteiger partial charge in [0.05, 0.1) is 5.41 Å². The van der Waals surface area contributed by atoms with Gasteiger partial charge in [0, 0.05) is 39.0 Å². The van der Waals surface area contributed by atoms with Gasteiger partial charge in [0.15, 0.2) is 0 Å². The number of rotatable bonds is 20. The molecule has 80 heavy (non-hydrogen) atoms. The maximum atomic E-state index is 3.87. The van der Waals surface area contributed by atoms with Crippen LogP contribution in [0.5, 0.6) is 0 Å². The number of hydrogen-bond donors (Lipinski definition) is 2. The molecule has 0 heterocycles. The molecule has 0 aliphatic heterocycles. The van der Waals surface area contributed by atoms with E-state index in [4.69, 9.17) is 0 Å². The van der Waals surface area contributed by atoms with Gasteiger partial charge in [-0.1, -0.05) is 252 Å². The molecule has 402 valence electrons. The first kappa shape index (κ1) is 52.0. The molecule has 2 nitrogen and oxygen atoms in total. The van der Waals surface area contributed by atoms with Gasteiger partial charge < -0.3 is 10.6 Å². The molecule has 0 spiro atoms. The summed E-state index contributed by atoms with van der Waals surface area (Å²) in [7, 11) is 0. The van der Waals surface area contributed by atoms with Crippen LogP contribution >= 0.6 is 0 Å². The molecule has 2 N–H and O–H groups in total. The smallest absolute Gasteiger partial charge is 0.0713 e. The van der Waals surface area contributed by atoms with E-state index in [1.165, 1.54) is 179 Å². The summed E-state index contributed by atoms with van der Waals surface area (Å²) in [6.45, 7) is 14.1. The molecule has 9 aromatic rings. The van der Waals surface area contributed by atoms with Crippen molar-refractivity contribution in [2.45, 2.75) is 153 Å². The number of unbranched alkanes of at least 4 members (excludes halogenated alkanes) is 10. The highest BCUT2D eigenvalue weighted by molar-refractivity contribution is 5.93. The highest BCUT2D eigenvalue weighted by Gasteiger charge is 2.50. The van der Waals surface area contributed by atoms with Crippen molar-refractivity contribution in [2.24, 2.45) is 0 Å². The Hall–Kier alpha value is -7.42. The molecule has 0 unspecified atom stereocenters. The van der Waals surface area contributed by atoms with Gasteiger partial charge in [-0.05, 0) is 174 Å². The number of nitrogens with one attached hydrogen (secondary N) is 2. The summed E-state index contributed by atoms with van der Waals surface area (Å²) in [6.07, 6.45) is 18.1. The molecule has 4 aliphatic rings. The molecule has 13 rings (SSSR count). The van der Waals surface area contributed by atoms with Crippen LogP contribution in [0.3, 0.4) is 0 Å². The maximum Gasteiger partial charge on any atom is 0.0713 e. The van der Waals surface area contributed by atoms with Crippen LogP contribution < -0.4 is 10.6 Å². The summed E-state index contributed by atoms with van der Waals surface area (Å²) in [4.78, 5) is 0. The molecular weight excluding hydrogens is 965 g/mol. The first-order chi connectivity index (χ1) is 39.1. The van der Waals surface area contributed by atoms with Gasteiger partial charge >= 0.3 is 0 Å². The van der Waals surface area contributed by atoms with E-state index in [0.29, 0.717) is 0 Å². The highest BCUT2D eigenvalue weighted by Crippen LogP contribution is 2.62. The molecule has 0 fully saturated rings. The number of fused-ring (bicyclic) bond motifs is 12. The molecular formula is C78H80N2. The topological polar surface area (TPSA) is 24.1 Å². The van der Waals surface area contributed by atoms with Crippen LogP contribution in [0, 0.1) is 0 Å². The molecule has 9 aromatic carbocycles. The first-order valence-electron chi connectivity index (χ1n) is 30.7. The van der Waals surface area contributed by atoms with Gasteiger partial charge in [-0.25, -0.2) is 0 Å². The molecule has 0 radical (unpaired) electrons. The lowest BCUT2D eigenvalue weighted by molar-refractivity contribution is 0.398. The molecule has 0 atom stereocenters. The SMILES string of the molecule is CCCCCCCCC1(CCCCCCCC)c2ccccc2-c2cc3c(cc21)-c1ccccc1C3(c1ccc(Nc2ccc3c(c2)C(C)(C)c2ccccc2-3)cc1)c1ccc(Nc2ccc3c(c2)C(C)(C)c2ccccc2-3)cc1. The van der Waals surface area contributed by atoms with Gasteiger partial charge in [0.25, 0.3) is 0 Å². The lowest BCUT2D eigenvalue weighted by Crippen LogP contribution is -2.29. The maximum absolute atomic E-state index is 3.87. The summed E-state index contributed by atoms with van der Waals surface area (Å²) in [5.74, 6) is 0. The minimum absolute atomic E-state index is 0.0115.